The smallest absolute Gasteiger partial charge is 0.163 e. The average molecular weight is 268 g/mol. The number of fused-ring (bicyclic) bond motifs is 2. The Morgan fingerprint density at radius 3 is 2.65 bits per heavy atom. The zero-order valence-corrected chi connectivity index (χ0v) is 10.6. The second kappa shape index (κ2) is 4.16. The fourth-order valence-corrected chi connectivity index (χ4v) is 2.34. The summed E-state index contributed by atoms with van der Waals surface area (Å²) in [6.07, 6.45) is 0. The van der Waals surface area contributed by atoms with Gasteiger partial charge in [-0.3, -0.25) is 0 Å². The molecule has 5 heteroatoms. The van der Waals surface area contributed by atoms with E-state index in [9.17, 15) is 5.11 Å². The van der Waals surface area contributed by atoms with Crippen molar-refractivity contribution in [2.75, 3.05) is 13.2 Å². The lowest BCUT2D eigenvalue weighted by Crippen LogP contribution is -2.15. The number of nitrogens with one attached hydrogen (secondary N) is 1. The maximum atomic E-state index is 9.54. The van der Waals surface area contributed by atoms with E-state index in [1.807, 2.05) is 18.2 Å². The molecule has 1 aliphatic heterocycles. The molecule has 0 saturated carbocycles. The number of rotatable bonds is 1. The van der Waals surface area contributed by atoms with Crippen LogP contribution in [0.15, 0.2) is 36.4 Å². The van der Waals surface area contributed by atoms with Crippen LogP contribution in [-0.4, -0.2) is 28.3 Å². The van der Waals surface area contributed by atoms with Crippen LogP contribution >= 0.6 is 0 Å². The van der Waals surface area contributed by atoms with Crippen LogP contribution in [0.3, 0.4) is 0 Å². The van der Waals surface area contributed by atoms with E-state index in [0.717, 1.165) is 28.1 Å². The number of benzene rings is 2. The molecule has 0 fully saturated rings. The summed E-state index contributed by atoms with van der Waals surface area (Å²) in [6, 6.07) is 10.7. The molecule has 2 aromatic carbocycles. The van der Waals surface area contributed by atoms with Gasteiger partial charge >= 0.3 is 0 Å². The van der Waals surface area contributed by atoms with Gasteiger partial charge < -0.3 is 19.6 Å². The van der Waals surface area contributed by atoms with Crippen molar-refractivity contribution in [3.05, 3.63) is 36.4 Å². The first-order valence-electron chi connectivity index (χ1n) is 6.38. The van der Waals surface area contributed by atoms with Gasteiger partial charge in [0.05, 0.1) is 11.0 Å². The number of nitrogens with zero attached hydrogens (tertiary/aromatic N) is 1. The average Bonchev–Trinajstić information content (AvgIpc) is 2.87. The van der Waals surface area contributed by atoms with E-state index in [0.29, 0.717) is 19.0 Å². The molecule has 100 valence electrons. The van der Waals surface area contributed by atoms with Crippen LogP contribution in [0.4, 0.5) is 0 Å². The summed E-state index contributed by atoms with van der Waals surface area (Å²) in [7, 11) is 0. The number of hydrogen-bond donors (Lipinski definition) is 2. The minimum Gasteiger partial charge on any atom is -0.508 e. The van der Waals surface area contributed by atoms with Crippen LogP contribution in [0.1, 0.15) is 0 Å². The Morgan fingerprint density at radius 1 is 1.05 bits per heavy atom. The van der Waals surface area contributed by atoms with Gasteiger partial charge in [0, 0.05) is 17.7 Å². The minimum atomic E-state index is 0.217. The Kier molecular flexibility index (Phi) is 2.32. The number of aromatic amines is 1. The van der Waals surface area contributed by atoms with Crippen molar-refractivity contribution in [1.29, 1.82) is 0 Å². The summed E-state index contributed by atoms with van der Waals surface area (Å²) in [4.78, 5) is 7.76. The summed E-state index contributed by atoms with van der Waals surface area (Å²) in [5, 5.41) is 9.54. The number of aromatic nitrogens is 2. The zero-order chi connectivity index (χ0) is 13.5. The van der Waals surface area contributed by atoms with Crippen LogP contribution in [0.2, 0.25) is 0 Å². The summed E-state index contributed by atoms with van der Waals surface area (Å²) in [5.74, 6) is 2.37. The number of H-pyrrole nitrogens is 1. The monoisotopic (exact) mass is 268 g/mol. The van der Waals surface area contributed by atoms with Crippen LogP contribution in [0.25, 0.3) is 22.4 Å². The summed E-state index contributed by atoms with van der Waals surface area (Å²) in [6.45, 7) is 1.12. The Morgan fingerprint density at radius 2 is 1.85 bits per heavy atom. The quantitative estimate of drug-likeness (QED) is 0.712. The highest BCUT2D eigenvalue weighted by atomic mass is 16.6. The van der Waals surface area contributed by atoms with Crippen LogP contribution in [0.5, 0.6) is 17.2 Å². The molecule has 0 atom stereocenters. The van der Waals surface area contributed by atoms with Crippen molar-refractivity contribution in [2.24, 2.45) is 0 Å². The van der Waals surface area contributed by atoms with E-state index in [1.54, 1.807) is 18.2 Å². The summed E-state index contributed by atoms with van der Waals surface area (Å²) >= 11 is 0. The lowest BCUT2D eigenvalue weighted by atomic mass is 10.2. The van der Waals surface area contributed by atoms with Crippen molar-refractivity contribution >= 4 is 11.0 Å². The Bertz CT molecular complexity index is 752. The Balaban J connectivity index is 1.86. The van der Waals surface area contributed by atoms with Crippen LogP contribution in [-0.2, 0) is 0 Å². The van der Waals surface area contributed by atoms with Crippen molar-refractivity contribution < 1.29 is 14.6 Å². The van der Waals surface area contributed by atoms with E-state index >= 15 is 0 Å². The van der Waals surface area contributed by atoms with Crippen molar-refractivity contribution in [1.82, 2.24) is 9.97 Å². The van der Waals surface area contributed by atoms with Gasteiger partial charge in [-0.25, -0.2) is 4.98 Å². The predicted octanol–water partition coefficient (Wildman–Crippen LogP) is 2.71. The van der Waals surface area contributed by atoms with Gasteiger partial charge in [-0.1, -0.05) is 12.1 Å². The van der Waals surface area contributed by atoms with Gasteiger partial charge in [-0.05, 0) is 12.1 Å². The molecule has 3 aromatic rings. The molecule has 5 nitrogen and oxygen atoms in total. The molecular formula is C15H12N2O3. The molecule has 0 saturated heterocycles. The molecule has 2 heterocycles. The first-order valence-corrected chi connectivity index (χ1v) is 6.38. The highest BCUT2D eigenvalue weighted by Crippen LogP contribution is 2.34. The normalized spacial score (nSPS) is 13.6. The largest absolute Gasteiger partial charge is 0.508 e. The first kappa shape index (κ1) is 11.2. The topological polar surface area (TPSA) is 67.4 Å². The SMILES string of the molecule is Oc1cccc(-c2nc3cc4c(cc3[nH]2)OCCO4)c1. The second-order valence-electron chi connectivity index (χ2n) is 4.65. The van der Waals surface area contributed by atoms with Gasteiger partial charge in [0.25, 0.3) is 0 Å². The number of imidazole rings is 1. The molecule has 0 amide bonds. The molecule has 0 radical (unpaired) electrons. The van der Waals surface area contributed by atoms with E-state index in [1.165, 1.54) is 0 Å². The number of phenolic OH excluding ortho intramolecular Hbond substituents is 1. The first-order chi connectivity index (χ1) is 9.79. The lowest BCUT2D eigenvalue weighted by Gasteiger charge is -2.17. The van der Waals surface area contributed by atoms with Crippen LogP contribution < -0.4 is 9.47 Å². The molecule has 0 spiro atoms. The summed E-state index contributed by atoms with van der Waals surface area (Å²) in [5.41, 5.74) is 2.53. The summed E-state index contributed by atoms with van der Waals surface area (Å²) < 4.78 is 11.1. The van der Waals surface area contributed by atoms with Crippen molar-refractivity contribution in [3.63, 3.8) is 0 Å². The third-order valence-electron chi connectivity index (χ3n) is 3.27. The molecule has 0 bridgehead atoms. The molecular weight excluding hydrogens is 256 g/mol. The highest BCUT2D eigenvalue weighted by Gasteiger charge is 2.15. The van der Waals surface area contributed by atoms with E-state index in [4.69, 9.17) is 9.47 Å². The molecule has 4 rings (SSSR count). The minimum absolute atomic E-state index is 0.217. The number of aromatic hydroxyl groups is 1. The number of phenols is 1. The Hall–Kier alpha value is -2.69. The van der Waals surface area contributed by atoms with Gasteiger partial charge in [-0.15, -0.1) is 0 Å². The van der Waals surface area contributed by atoms with Crippen molar-refractivity contribution in [3.8, 4) is 28.6 Å². The third kappa shape index (κ3) is 1.75. The fraction of sp³-hybridized carbons (Fsp3) is 0.133. The van der Waals surface area contributed by atoms with E-state index in [-0.39, 0.29) is 5.75 Å². The fourth-order valence-electron chi connectivity index (χ4n) is 2.34. The molecule has 1 aromatic heterocycles. The standard InChI is InChI=1S/C15H12N2O3/c18-10-3-1-2-9(6-10)15-16-11-7-13-14(8-12(11)17-15)20-5-4-19-13/h1-3,6-8,18H,4-5H2,(H,16,17). The molecule has 0 unspecified atom stereocenters. The third-order valence-corrected chi connectivity index (χ3v) is 3.27. The van der Waals surface area contributed by atoms with Gasteiger partial charge in [0.15, 0.2) is 11.5 Å². The maximum absolute atomic E-state index is 9.54. The lowest BCUT2D eigenvalue weighted by molar-refractivity contribution is 0.172. The van der Waals surface area contributed by atoms with Crippen molar-refractivity contribution in [2.45, 2.75) is 0 Å². The predicted molar refractivity (Wildman–Crippen MR) is 74.2 cm³/mol. The number of ether oxygens (including phenoxy) is 2. The Labute approximate surface area is 114 Å². The van der Waals surface area contributed by atoms with Crippen LogP contribution in [0, 0.1) is 0 Å². The molecule has 0 aliphatic carbocycles. The zero-order valence-electron chi connectivity index (χ0n) is 10.6. The van der Waals surface area contributed by atoms with E-state index < -0.39 is 0 Å². The molecule has 20 heavy (non-hydrogen) atoms. The molecule has 1 aliphatic rings. The van der Waals surface area contributed by atoms with Gasteiger partial charge in [0.1, 0.15) is 24.8 Å². The van der Waals surface area contributed by atoms with E-state index in [2.05, 4.69) is 9.97 Å². The molecule has 2 N–H and O–H groups in total. The maximum Gasteiger partial charge on any atom is 0.163 e. The number of hydrogen-bond acceptors (Lipinski definition) is 4. The van der Waals surface area contributed by atoms with Gasteiger partial charge in [-0.2, -0.15) is 0 Å². The second-order valence-corrected chi connectivity index (χ2v) is 4.65. The highest BCUT2D eigenvalue weighted by molar-refractivity contribution is 5.83. The van der Waals surface area contributed by atoms with Gasteiger partial charge in [0.2, 0.25) is 0 Å².